The molecule has 110 valence electrons. The van der Waals surface area contributed by atoms with Crippen LogP contribution in [0.25, 0.3) is 0 Å². The van der Waals surface area contributed by atoms with Crippen LogP contribution in [-0.4, -0.2) is 34.9 Å². The van der Waals surface area contributed by atoms with Crippen molar-refractivity contribution >= 4 is 17.7 Å². The van der Waals surface area contributed by atoms with Crippen LogP contribution in [0.5, 0.6) is 0 Å². The lowest BCUT2D eigenvalue weighted by atomic mass is 10.1. The normalized spacial score (nSPS) is 20.4. The molecular formula is C15H21FN2OS. The predicted molar refractivity (Wildman–Crippen MR) is 81.1 cm³/mol. The number of carbonyl (C=O) groups excluding carboxylic acids is 1. The summed E-state index contributed by atoms with van der Waals surface area (Å²) in [5.41, 5.74) is 0.549. The Labute approximate surface area is 123 Å². The Morgan fingerprint density at radius 1 is 1.50 bits per heavy atom. The van der Waals surface area contributed by atoms with Crippen molar-refractivity contribution in [3.63, 3.8) is 0 Å². The summed E-state index contributed by atoms with van der Waals surface area (Å²) in [4.78, 5) is 13.9. The van der Waals surface area contributed by atoms with E-state index in [0.29, 0.717) is 5.56 Å². The predicted octanol–water partition coefficient (Wildman–Crippen LogP) is 2.79. The summed E-state index contributed by atoms with van der Waals surface area (Å²) in [5.74, 6) is 1.88. The van der Waals surface area contributed by atoms with Crippen molar-refractivity contribution in [2.24, 2.45) is 0 Å². The summed E-state index contributed by atoms with van der Waals surface area (Å²) in [5, 5.41) is 3.11. The number of amides is 1. The van der Waals surface area contributed by atoms with E-state index in [1.54, 1.807) is 23.1 Å². The summed E-state index contributed by atoms with van der Waals surface area (Å²) in [6.45, 7) is 4.44. The van der Waals surface area contributed by atoms with E-state index in [2.05, 4.69) is 12.2 Å². The maximum atomic E-state index is 13.9. The van der Waals surface area contributed by atoms with Crippen molar-refractivity contribution in [1.29, 1.82) is 0 Å². The average molecular weight is 296 g/mol. The van der Waals surface area contributed by atoms with Crippen molar-refractivity contribution in [1.82, 2.24) is 10.2 Å². The van der Waals surface area contributed by atoms with Crippen LogP contribution in [0, 0.1) is 5.82 Å². The maximum Gasteiger partial charge on any atom is 0.238 e. The van der Waals surface area contributed by atoms with Crippen LogP contribution in [0.2, 0.25) is 0 Å². The first-order valence-corrected chi connectivity index (χ1v) is 8.17. The highest BCUT2D eigenvalue weighted by molar-refractivity contribution is 7.99. The van der Waals surface area contributed by atoms with Crippen LogP contribution >= 0.6 is 11.8 Å². The molecule has 1 fully saturated rings. The van der Waals surface area contributed by atoms with Gasteiger partial charge in [0.05, 0.1) is 6.54 Å². The molecule has 1 saturated heterocycles. The third kappa shape index (κ3) is 3.33. The maximum absolute atomic E-state index is 13.9. The van der Waals surface area contributed by atoms with Gasteiger partial charge in [0.1, 0.15) is 12.0 Å². The van der Waals surface area contributed by atoms with E-state index in [4.69, 9.17) is 0 Å². The zero-order valence-electron chi connectivity index (χ0n) is 11.9. The second kappa shape index (κ2) is 7.09. The second-order valence-electron chi connectivity index (χ2n) is 4.94. The van der Waals surface area contributed by atoms with Gasteiger partial charge in [0.15, 0.2) is 0 Å². The van der Waals surface area contributed by atoms with E-state index >= 15 is 0 Å². The van der Waals surface area contributed by atoms with Gasteiger partial charge in [0.25, 0.3) is 0 Å². The number of nitrogens with one attached hydrogen (secondary N) is 1. The monoisotopic (exact) mass is 296 g/mol. The molecule has 2 atom stereocenters. The fourth-order valence-electron chi connectivity index (χ4n) is 2.51. The molecule has 1 heterocycles. The summed E-state index contributed by atoms with van der Waals surface area (Å²) >= 11 is 1.86. The van der Waals surface area contributed by atoms with Crippen molar-refractivity contribution in [2.75, 3.05) is 18.1 Å². The first-order chi connectivity index (χ1) is 9.65. The lowest BCUT2D eigenvalue weighted by Crippen LogP contribution is -2.38. The van der Waals surface area contributed by atoms with Crippen LogP contribution in [0.3, 0.4) is 0 Å². The number of hydrogen-bond acceptors (Lipinski definition) is 3. The second-order valence-corrected chi connectivity index (χ2v) is 6.33. The molecule has 0 aromatic heterocycles. The molecule has 0 aliphatic carbocycles. The van der Waals surface area contributed by atoms with Gasteiger partial charge in [-0.1, -0.05) is 25.1 Å². The van der Waals surface area contributed by atoms with Gasteiger partial charge in [-0.05, 0) is 30.9 Å². The molecule has 1 aromatic rings. The van der Waals surface area contributed by atoms with E-state index in [1.165, 1.54) is 6.07 Å². The minimum Gasteiger partial charge on any atom is -0.319 e. The van der Waals surface area contributed by atoms with Crippen molar-refractivity contribution in [3.05, 3.63) is 35.6 Å². The largest absolute Gasteiger partial charge is 0.319 e. The molecule has 2 unspecified atom stereocenters. The molecule has 0 spiro atoms. The Hall–Kier alpha value is -1.07. The third-order valence-corrected chi connectivity index (χ3v) is 4.50. The number of nitrogens with zero attached hydrogens (tertiary/aromatic N) is 1. The minimum atomic E-state index is -0.342. The van der Waals surface area contributed by atoms with Crippen LogP contribution in [0.1, 0.15) is 32.0 Å². The van der Waals surface area contributed by atoms with Gasteiger partial charge in [-0.2, -0.15) is 11.8 Å². The number of carbonyl (C=O) groups is 1. The van der Waals surface area contributed by atoms with Crippen LogP contribution in [-0.2, 0) is 4.79 Å². The molecule has 1 aromatic carbocycles. The van der Waals surface area contributed by atoms with Crippen molar-refractivity contribution < 1.29 is 9.18 Å². The number of hydrogen-bond donors (Lipinski definition) is 1. The van der Waals surface area contributed by atoms with Gasteiger partial charge in [-0.25, -0.2) is 4.39 Å². The van der Waals surface area contributed by atoms with Gasteiger partial charge in [0, 0.05) is 11.6 Å². The van der Waals surface area contributed by atoms with Crippen LogP contribution in [0.4, 0.5) is 4.39 Å². The first-order valence-electron chi connectivity index (χ1n) is 7.01. The van der Waals surface area contributed by atoms with Gasteiger partial charge in [0.2, 0.25) is 5.91 Å². The fraction of sp³-hybridized carbons (Fsp3) is 0.533. The molecule has 0 radical (unpaired) electrons. The molecular weight excluding hydrogens is 275 g/mol. The highest BCUT2D eigenvalue weighted by Crippen LogP contribution is 2.28. The Kier molecular flexibility index (Phi) is 5.43. The molecule has 0 saturated carbocycles. The lowest BCUT2D eigenvalue weighted by Gasteiger charge is -2.31. The van der Waals surface area contributed by atoms with E-state index in [-0.39, 0.29) is 30.5 Å². The molecule has 1 N–H and O–H groups in total. The molecule has 3 nitrogen and oxygen atoms in total. The highest BCUT2D eigenvalue weighted by Gasteiger charge is 2.35. The zero-order chi connectivity index (χ0) is 14.5. The van der Waals surface area contributed by atoms with Crippen molar-refractivity contribution in [3.8, 4) is 0 Å². The molecule has 1 aliphatic rings. The number of benzene rings is 1. The lowest BCUT2D eigenvalue weighted by molar-refractivity contribution is -0.130. The fourth-order valence-corrected chi connectivity index (χ4v) is 3.31. The van der Waals surface area contributed by atoms with Gasteiger partial charge >= 0.3 is 0 Å². The van der Waals surface area contributed by atoms with E-state index in [1.807, 2.05) is 18.7 Å². The molecule has 5 heteroatoms. The first kappa shape index (κ1) is 15.3. The third-order valence-electron chi connectivity index (χ3n) is 3.57. The minimum absolute atomic E-state index is 0.0484. The Morgan fingerprint density at radius 2 is 2.25 bits per heavy atom. The highest BCUT2D eigenvalue weighted by atomic mass is 32.2. The summed E-state index contributed by atoms with van der Waals surface area (Å²) in [6, 6.07) is 6.77. The Morgan fingerprint density at radius 3 is 2.95 bits per heavy atom. The van der Waals surface area contributed by atoms with E-state index in [9.17, 15) is 9.18 Å². The quantitative estimate of drug-likeness (QED) is 0.819. The summed E-state index contributed by atoms with van der Waals surface area (Å²) < 4.78 is 13.9. The smallest absolute Gasteiger partial charge is 0.238 e. The van der Waals surface area contributed by atoms with E-state index < -0.39 is 0 Å². The van der Waals surface area contributed by atoms with E-state index in [0.717, 1.165) is 17.9 Å². The molecule has 1 amide bonds. The summed E-state index contributed by atoms with van der Waals surface area (Å²) in [7, 11) is 0. The van der Waals surface area contributed by atoms with Crippen LogP contribution < -0.4 is 5.32 Å². The Bertz CT molecular complexity index is 469. The molecule has 20 heavy (non-hydrogen) atoms. The number of halogens is 1. The van der Waals surface area contributed by atoms with Crippen molar-refractivity contribution in [2.45, 2.75) is 32.5 Å². The SMILES string of the molecule is CCSCCC(C)N1C(=O)CNC1c1ccccc1F. The topological polar surface area (TPSA) is 32.3 Å². The number of thioether (sulfide) groups is 1. The van der Waals surface area contributed by atoms with Gasteiger partial charge in [-0.3, -0.25) is 10.1 Å². The zero-order valence-corrected chi connectivity index (χ0v) is 12.8. The summed E-state index contributed by atoms with van der Waals surface area (Å²) in [6.07, 6.45) is 0.585. The standard InChI is InChI=1S/C15H21FN2OS/c1-3-20-9-8-11(2)18-14(19)10-17-15(18)12-6-4-5-7-13(12)16/h4-7,11,15,17H,3,8-10H2,1-2H3. The average Bonchev–Trinajstić information content (AvgIpc) is 2.81. The van der Waals surface area contributed by atoms with Gasteiger partial charge in [-0.15, -0.1) is 0 Å². The Balaban J connectivity index is 2.12. The molecule has 0 bridgehead atoms. The molecule has 2 rings (SSSR count). The van der Waals surface area contributed by atoms with Gasteiger partial charge < -0.3 is 4.90 Å². The van der Waals surface area contributed by atoms with Crippen LogP contribution in [0.15, 0.2) is 24.3 Å². The number of rotatable bonds is 6. The molecule has 1 aliphatic heterocycles.